The first-order valence-corrected chi connectivity index (χ1v) is 15.1. The normalized spacial score (nSPS) is 22.6. The summed E-state index contributed by atoms with van der Waals surface area (Å²) in [7, 11) is 0. The third kappa shape index (κ3) is 8.85. The fourth-order valence-corrected chi connectivity index (χ4v) is 6.22. The van der Waals surface area contributed by atoms with Crippen LogP contribution in [0.25, 0.3) is 0 Å². The second-order valence-electron chi connectivity index (χ2n) is 9.61. The van der Waals surface area contributed by atoms with Gasteiger partial charge in [0, 0.05) is 13.1 Å². The molecule has 214 valence electrons. The molecule has 1 saturated heterocycles. The lowest BCUT2D eigenvalue weighted by atomic mass is 9.99. The van der Waals surface area contributed by atoms with Crippen molar-refractivity contribution in [2.24, 2.45) is 0 Å². The minimum atomic E-state index is -0.964. The van der Waals surface area contributed by atoms with E-state index in [9.17, 15) is 5.11 Å². The van der Waals surface area contributed by atoms with Crippen LogP contribution < -0.4 is 0 Å². The Hall–Kier alpha value is -2.30. The Balaban J connectivity index is 1.55. The van der Waals surface area contributed by atoms with Crippen LogP contribution in [0.15, 0.2) is 91.0 Å². The number of benzene rings is 3. The third-order valence-corrected chi connectivity index (χ3v) is 8.45. The van der Waals surface area contributed by atoms with Crippen LogP contribution in [0.4, 0.5) is 0 Å². The highest BCUT2D eigenvalue weighted by atomic mass is 32.2. The summed E-state index contributed by atoms with van der Waals surface area (Å²) in [5, 5.41) is 11.6. The van der Waals surface area contributed by atoms with Crippen molar-refractivity contribution in [3.05, 3.63) is 108 Å². The van der Waals surface area contributed by atoms with Gasteiger partial charge >= 0.3 is 0 Å². The first-order valence-electron chi connectivity index (χ1n) is 13.8. The van der Waals surface area contributed by atoms with Gasteiger partial charge in [-0.3, -0.25) is 0 Å². The Morgan fingerprint density at radius 1 is 0.775 bits per heavy atom. The van der Waals surface area contributed by atoms with Gasteiger partial charge in [-0.05, 0) is 30.5 Å². The van der Waals surface area contributed by atoms with Crippen LogP contribution in [-0.4, -0.2) is 63.9 Å². The highest BCUT2D eigenvalue weighted by Gasteiger charge is 2.47. The number of nitrogens with zero attached hydrogens (tertiary/aromatic N) is 1. The molecule has 1 aliphatic heterocycles. The molecule has 0 aliphatic carbocycles. The maximum Gasteiger partial charge on any atom is 0.139 e. The van der Waals surface area contributed by atoms with E-state index in [0.29, 0.717) is 24.1 Å². The molecule has 8 heteroatoms. The molecule has 0 bridgehead atoms. The van der Waals surface area contributed by atoms with Crippen molar-refractivity contribution in [2.75, 3.05) is 19.7 Å². The van der Waals surface area contributed by atoms with E-state index in [1.54, 1.807) is 0 Å². The van der Waals surface area contributed by atoms with E-state index in [1.165, 1.54) is 11.8 Å². The third-order valence-electron chi connectivity index (χ3n) is 6.82. The molecule has 3 aromatic rings. The minimum Gasteiger partial charge on any atom is -0.387 e. The fourth-order valence-electron chi connectivity index (χ4n) is 4.57. The van der Waals surface area contributed by atoms with E-state index in [2.05, 4.69) is 18.7 Å². The van der Waals surface area contributed by atoms with Crippen molar-refractivity contribution in [2.45, 2.75) is 63.5 Å². The van der Waals surface area contributed by atoms with E-state index in [1.807, 2.05) is 91.0 Å². The fraction of sp³-hybridized carbons (Fsp3) is 0.406. The van der Waals surface area contributed by atoms with Gasteiger partial charge in [0.05, 0.1) is 26.4 Å². The van der Waals surface area contributed by atoms with Gasteiger partial charge in [-0.1, -0.05) is 115 Å². The molecule has 1 fully saturated rings. The Labute approximate surface area is 247 Å². The standard InChI is InChI=1S/C32H39NO5S2/c1-3-33(4-2)32(39)40-31-28(34)30(37-22-26-18-12-7-13-19-26)29(36-21-25-16-10-6-11-17-25)27(38-31)23-35-20-24-14-8-5-9-15-24/h5-19,27-31,34H,3-4,20-23H2,1-2H3/t27-,28-,29-,30-,31+/m1/s1. The highest BCUT2D eigenvalue weighted by Crippen LogP contribution is 2.34. The predicted molar refractivity (Wildman–Crippen MR) is 164 cm³/mol. The van der Waals surface area contributed by atoms with Crippen molar-refractivity contribution in [3.8, 4) is 0 Å². The topological polar surface area (TPSA) is 60.4 Å². The van der Waals surface area contributed by atoms with Crippen LogP contribution in [0.3, 0.4) is 0 Å². The molecular weight excluding hydrogens is 542 g/mol. The zero-order chi connectivity index (χ0) is 28.2. The lowest BCUT2D eigenvalue weighted by Gasteiger charge is -2.44. The second-order valence-corrected chi connectivity index (χ2v) is 11.3. The van der Waals surface area contributed by atoms with Crippen LogP contribution in [0.2, 0.25) is 0 Å². The smallest absolute Gasteiger partial charge is 0.139 e. The summed E-state index contributed by atoms with van der Waals surface area (Å²) in [5.41, 5.74) is 2.49. The molecule has 6 nitrogen and oxygen atoms in total. The van der Waals surface area contributed by atoms with Gasteiger partial charge in [0.15, 0.2) is 0 Å². The number of hydrogen-bond donors (Lipinski definition) is 1. The molecule has 0 unspecified atom stereocenters. The van der Waals surface area contributed by atoms with E-state index in [0.717, 1.165) is 29.8 Å². The van der Waals surface area contributed by atoms with Gasteiger partial charge in [-0.2, -0.15) is 0 Å². The number of ether oxygens (including phenoxy) is 4. The molecule has 4 rings (SSSR count). The zero-order valence-corrected chi connectivity index (χ0v) is 24.8. The van der Waals surface area contributed by atoms with Crippen LogP contribution in [-0.2, 0) is 38.8 Å². The highest BCUT2D eigenvalue weighted by molar-refractivity contribution is 8.23. The Bertz CT molecular complexity index is 1130. The van der Waals surface area contributed by atoms with Crippen LogP contribution in [0, 0.1) is 0 Å². The van der Waals surface area contributed by atoms with Crippen molar-refractivity contribution in [1.82, 2.24) is 4.90 Å². The molecule has 1 aliphatic rings. The van der Waals surface area contributed by atoms with Crippen molar-refractivity contribution < 1.29 is 24.1 Å². The summed E-state index contributed by atoms with van der Waals surface area (Å²) in [6.45, 7) is 7.11. The lowest BCUT2D eigenvalue weighted by Crippen LogP contribution is -2.60. The van der Waals surface area contributed by atoms with Gasteiger partial charge < -0.3 is 29.0 Å². The first kappa shape index (κ1) is 30.7. The quantitative estimate of drug-likeness (QED) is 0.254. The Morgan fingerprint density at radius 3 is 1.75 bits per heavy atom. The van der Waals surface area contributed by atoms with Crippen LogP contribution in [0.1, 0.15) is 30.5 Å². The molecule has 40 heavy (non-hydrogen) atoms. The number of aliphatic hydroxyl groups is 1. The zero-order valence-electron chi connectivity index (χ0n) is 23.1. The van der Waals surface area contributed by atoms with Gasteiger partial charge in [-0.25, -0.2) is 0 Å². The second kappa shape index (κ2) is 16.2. The SMILES string of the molecule is CCN(CC)C(=S)S[C@@H]1O[C@H](COCc2ccccc2)[C@@H](OCc2ccccc2)[C@H](OCc2ccccc2)[C@H]1O. The molecule has 0 radical (unpaired) electrons. The largest absolute Gasteiger partial charge is 0.387 e. The van der Waals surface area contributed by atoms with Crippen molar-refractivity contribution >= 4 is 28.3 Å². The summed E-state index contributed by atoms with van der Waals surface area (Å²) in [6.07, 6.45) is -2.66. The molecular formula is C32H39NO5S2. The Morgan fingerprint density at radius 2 is 1.25 bits per heavy atom. The average molecular weight is 582 g/mol. The summed E-state index contributed by atoms with van der Waals surface area (Å²) >= 11 is 7.07. The van der Waals surface area contributed by atoms with Crippen molar-refractivity contribution in [1.29, 1.82) is 0 Å². The van der Waals surface area contributed by atoms with E-state index in [4.69, 9.17) is 31.2 Å². The summed E-state index contributed by atoms with van der Waals surface area (Å²) in [6, 6.07) is 29.9. The summed E-state index contributed by atoms with van der Waals surface area (Å²) in [4.78, 5) is 2.08. The van der Waals surface area contributed by atoms with Gasteiger partial charge in [-0.15, -0.1) is 0 Å². The Kier molecular flexibility index (Phi) is 12.4. The molecule has 0 saturated carbocycles. The van der Waals surface area contributed by atoms with Gasteiger partial charge in [0.2, 0.25) is 0 Å². The summed E-state index contributed by atoms with van der Waals surface area (Å²) in [5.74, 6) is 0. The molecule has 0 amide bonds. The molecule has 3 aromatic carbocycles. The average Bonchev–Trinajstić information content (AvgIpc) is 2.99. The lowest BCUT2D eigenvalue weighted by molar-refractivity contribution is -0.242. The maximum atomic E-state index is 11.6. The monoisotopic (exact) mass is 581 g/mol. The van der Waals surface area contributed by atoms with Gasteiger partial charge in [0.1, 0.15) is 34.2 Å². The number of aliphatic hydroxyl groups excluding tert-OH is 1. The maximum absolute atomic E-state index is 11.6. The van der Waals surface area contributed by atoms with Crippen LogP contribution >= 0.6 is 24.0 Å². The number of rotatable bonds is 13. The molecule has 1 heterocycles. The van der Waals surface area contributed by atoms with E-state index in [-0.39, 0.29) is 6.61 Å². The molecule has 1 N–H and O–H groups in total. The minimum absolute atomic E-state index is 0.279. The molecule has 5 atom stereocenters. The van der Waals surface area contributed by atoms with E-state index >= 15 is 0 Å². The van der Waals surface area contributed by atoms with Gasteiger partial charge in [0.25, 0.3) is 0 Å². The number of thioether (sulfide) groups is 1. The van der Waals surface area contributed by atoms with Crippen LogP contribution in [0.5, 0.6) is 0 Å². The van der Waals surface area contributed by atoms with Crippen molar-refractivity contribution in [3.63, 3.8) is 0 Å². The predicted octanol–water partition coefficient (Wildman–Crippen LogP) is 5.82. The number of thiocarbonyl (C=S) groups is 1. The summed E-state index contributed by atoms with van der Waals surface area (Å²) < 4.78 is 26.2. The first-order chi connectivity index (χ1) is 19.6. The van der Waals surface area contributed by atoms with E-state index < -0.39 is 29.9 Å². The molecule has 0 aromatic heterocycles. The molecule has 0 spiro atoms. The number of hydrogen-bond acceptors (Lipinski definition) is 7.